The molecule has 19 heavy (non-hydrogen) atoms. The van der Waals surface area contributed by atoms with E-state index in [-0.39, 0.29) is 11.3 Å². The SMILES string of the molecule is COc1cc(OC(F)(F)F)nc(C(F)F)c1CC#N. The van der Waals surface area contributed by atoms with E-state index in [1.807, 2.05) is 0 Å². The monoisotopic (exact) mass is 282 g/mol. The number of nitrogens with zero attached hydrogens (tertiary/aromatic N) is 2. The Morgan fingerprint density at radius 1 is 1.42 bits per heavy atom. The van der Waals surface area contributed by atoms with Gasteiger partial charge in [-0.05, 0) is 0 Å². The zero-order valence-corrected chi connectivity index (χ0v) is 9.46. The van der Waals surface area contributed by atoms with Gasteiger partial charge in [-0.15, -0.1) is 13.2 Å². The molecule has 0 saturated heterocycles. The summed E-state index contributed by atoms with van der Waals surface area (Å²) in [4.78, 5) is 3.06. The van der Waals surface area contributed by atoms with Crippen molar-refractivity contribution in [3.63, 3.8) is 0 Å². The maximum absolute atomic E-state index is 12.7. The first kappa shape index (κ1) is 14.9. The van der Waals surface area contributed by atoms with E-state index in [0.717, 1.165) is 7.11 Å². The Kier molecular flexibility index (Phi) is 4.47. The highest BCUT2D eigenvalue weighted by Crippen LogP contribution is 2.33. The fourth-order valence-electron chi connectivity index (χ4n) is 1.33. The van der Waals surface area contributed by atoms with E-state index in [2.05, 4.69) is 14.5 Å². The second-order valence-electron chi connectivity index (χ2n) is 3.21. The molecule has 0 aliphatic carbocycles. The summed E-state index contributed by atoms with van der Waals surface area (Å²) in [7, 11) is 1.07. The van der Waals surface area contributed by atoms with Crippen molar-refractivity contribution in [2.75, 3.05) is 7.11 Å². The van der Waals surface area contributed by atoms with E-state index in [1.165, 1.54) is 0 Å². The molecule has 0 atom stereocenters. The Bertz CT molecular complexity index is 496. The molecule has 0 bridgehead atoms. The summed E-state index contributed by atoms with van der Waals surface area (Å²) in [5, 5.41) is 8.51. The van der Waals surface area contributed by atoms with Crippen molar-refractivity contribution in [3.8, 4) is 17.7 Å². The predicted molar refractivity (Wildman–Crippen MR) is 51.7 cm³/mol. The number of rotatable bonds is 4. The molecule has 1 heterocycles. The Hall–Kier alpha value is -2.11. The van der Waals surface area contributed by atoms with Crippen molar-refractivity contribution in [2.24, 2.45) is 0 Å². The molecule has 0 aromatic carbocycles. The van der Waals surface area contributed by atoms with Crippen LogP contribution in [0.1, 0.15) is 17.7 Å². The Morgan fingerprint density at radius 2 is 2.05 bits per heavy atom. The van der Waals surface area contributed by atoms with E-state index in [9.17, 15) is 22.0 Å². The lowest BCUT2D eigenvalue weighted by Crippen LogP contribution is -2.18. The topological polar surface area (TPSA) is 55.1 Å². The van der Waals surface area contributed by atoms with Gasteiger partial charge in [0.05, 0.1) is 19.6 Å². The van der Waals surface area contributed by atoms with Crippen molar-refractivity contribution >= 4 is 0 Å². The third kappa shape index (κ3) is 3.94. The molecule has 1 aromatic heterocycles. The van der Waals surface area contributed by atoms with Crippen LogP contribution >= 0.6 is 0 Å². The average Bonchev–Trinajstić information content (AvgIpc) is 2.28. The van der Waals surface area contributed by atoms with Crippen LogP contribution < -0.4 is 9.47 Å². The molecule has 4 nitrogen and oxygen atoms in total. The molecular weight excluding hydrogens is 275 g/mol. The number of aromatic nitrogens is 1. The lowest BCUT2D eigenvalue weighted by Gasteiger charge is -2.14. The highest BCUT2D eigenvalue weighted by Gasteiger charge is 2.33. The van der Waals surface area contributed by atoms with Crippen LogP contribution in [0.15, 0.2) is 6.07 Å². The molecule has 9 heteroatoms. The highest BCUT2D eigenvalue weighted by atomic mass is 19.4. The largest absolute Gasteiger partial charge is 0.574 e. The van der Waals surface area contributed by atoms with E-state index >= 15 is 0 Å². The number of methoxy groups -OCH3 is 1. The first-order chi connectivity index (χ1) is 8.78. The van der Waals surface area contributed by atoms with Crippen LogP contribution in [-0.4, -0.2) is 18.5 Å². The summed E-state index contributed by atoms with van der Waals surface area (Å²) in [5.41, 5.74) is -1.24. The quantitative estimate of drug-likeness (QED) is 0.797. The standard InChI is InChI=1S/C10H7F5N2O2/c1-18-6-4-7(19-10(13,14)15)17-8(9(11)12)5(6)2-3-16/h4,9H,2H2,1H3. The Balaban J connectivity index is 3.32. The second kappa shape index (κ2) is 5.69. The predicted octanol–water partition coefficient (Wildman–Crippen LogP) is 2.99. The van der Waals surface area contributed by atoms with Gasteiger partial charge in [-0.3, -0.25) is 0 Å². The maximum atomic E-state index is 12.7. The normalized spacial score (nSPS) is 11.3. The second-order valence-corrected chi connectivity index (χ2v) is 3.21. The minimum atomic E-state index is -5.06. The van der Waals surface area contributed by atoms with Gasteiger partial charge < -0.3 is 9.47 Å². The van der Waals surface area contributed by atoms with Crippen LogP contribution in [-0.2, 0) is 6.42 Å². The highest BCUT2D eigenvalue weighted by molar-refractivity contribution is 5.42. The zero-order valence-electron chi connectivity index (χ0n) is 9.46. The van der Waals surface area contributed by atoms with Gasteiger partial charge in [-0.25, -0.2) is 13.8 Å². The zero-order chi connectivity index (χ0) is 14.6. The number of hydrogen-bond donors (Lipinski definition) is 0. The minimum absolute atomic E-state index is 0.269. The molecule has 0 unspecified atom stereocenters. The van der Waals surface area contributed by atoms with Crippen LogP contribution in [0.2, 0.25) is 0 Å². The van der Waals surface area contributed by atoms with Crippen molar-refractivity contribution in [1.29, 1.82) is 5.26 Å². The van der Waals surface area contributed by atoms with E-state index in [4.69, 9.17) is 5.26 Å². The summed E-state index contributed by atoms with van der Waals surface area (Å²) in [5.74, 6) is -1.38. The van der Waals surface area contributed by atoms with Crippen molar-refractivity contribution in [2.45, 2.75) is 19.2 Å². The number of halogens is 5. The van der Waals surface area contributed by atoms with E-state index in [0.29, 0.717) is 6.07 Å². The molecule has 104 valence electrons. The van der Waals surface area contributed by atoms with Gasteiger partial charge in [-0.1, -0.05) is 0 Å². The summed E-state index contributed by atoms with van der Waals surface area (Å²) < 4.78 is 69.6. The smallest absolute Gasteiger partial charge is 0.496 e. The minimum Gasteiger partial charge on any atom is -0.496 e. The molecule has 0 radical (unpaired) electrons. The maximum Gasteiger partial charge on any atom is 0.574 e. The molecule has 1 aromatic rings. The molecule has 0 spiro atoms. The van der Waals surface area contributed by atoms with Gasteiger partial charge in [0, 0.05) is 11.6 Å². The summed E-state index contributed by atoms with van der Waals surface area (Å²) >= 11 is 0. The first-order valence-electron chi connectivity index (χ1n) is 4.77. The van der Waals surface area contributed by atoms with Crippen LogP contribution in [0.3, 0.4) is 0 Å². The number of hydrogen-bond acceptors (Lipinski definition) is 4. The van der Waals surface area contributed by atoms with Crippen LogP contribution in [0.4, 0.5) is 22.0 Å². The number of ether oxygens (including phenoxy) is 2. The summed E-state index contributed by atoms with van der Waals surface area (Å²) in [6.45, 7) is 0. The van der Waals surface area contributed by atoms with Crippen LogP contribution in [0.25, 0.3) is 0 Å². The van der Waals surface area contributed by atoms with Gasteiger partial charge >= 0.3 is 6.36 Å². The van der Waals surface area contributed by atoms with E-state index < -0.39 is 30.8 Å². The fourth-order valence-corrected chi connectivity index (χ4v) is 1.33. The van der Waals surface area contributed by atoms with Gasteiger partial charge in [0.25, 0.3) is 6.43 Å². The van der Waals surface area contributed by atoms with E-state index in [1.54, 1.807) is 6.07 Å². The molecular formula is C10H7F5N2O2. The first-order valence-corrected chi connectivity index (χ1v) is 4.77. The van der Waals surface area contributed by atoms with Crippen molar-refractivity contribution in [3.05, 3.63) is 17.3 Å². The molecule has 0 aliphatic heterocycles. The number of pyridine rings is 1. The van der Waals surface area contributed by atoms with Crippen molar-refractivity contribution < 1.29 is 31.4 Å². The lowest BCUT2D eigenvalue weighted by atomic mass is 10.1. The van der Waals surface area contributed by atoms with Gasteiger partial charge in [-0.2, -0.15) is 5.26 Å². The molecule has 1 rings (SSSR count). The van der Waals surface area contributed by atoms with Gasteiger partial charge in [0.15, 0.2) is 0 Å². The fraction of sp³-hybridized carbons (Fsp3) is 0.400. The van der Waals surface area contributed by atoms with Crippen LogP contribution in [0, 0.1) is 11.3 Å². The lowest BCUT2D eigenvalue weighted by molar-refractivity contribution is -0.276. The number of nitriles is 1. The Labute approximate surface area is 104 Å². The Morgan fingerprint density at radius 3 is 2.47 bits per heavy atom. The van der Waals surface area contributed by atoms with Crippen molar-refractivity contribution in [1.82, 2.24) is 4.98 Å². The summed E-state index contributed by atoms with van der Waals surface area (Å²) in [6, 6.07) is 2.31. The van der Waals surface area contributed by atoms with Crippen LogP contribution in [0.5, 0.6) is 11.6 Å². The molecule has 0 fully saturated rings. The molecule has 0 saturated carbocycles. The molecule has 0 amide bonds. The molecule has 0 aliphatic rings. The average molecular weight is 282 g/mol. The summed E-state index contributed by atoms with van der Waals surface area (Å²) in [6.07, 6.45) is -8.69. The number of alkyl halides is 5. The third-order valence-electron chi connectivity index (χ3n) is 1.99. The van der Waals surface area contributed by atoms with Gasteiger partial charge in [0.1, 0.15) is 11.4 Å². The third-order valence-corrected chi connectivity index (χ3v) is 1.99. The van der Waals surface area contributed by atoms with Gasteiger partial charge in [0.2, 0.25) is 5.88 Å². The molecule has 0 N–H and O–H groups in total.